The average molecular weight is 337 g/mol. The Balaban J connectivity index is 2.47. The van der Waals surface area contributed by atoms with Crippen LogP contribution in [0.1, 0.15) is 12.5 Å². The van der Waals surface area contributed by atoms with Gasteiger partial charge in [0.1, 0.15) is 0 Å². The van der Waals surface area contributed by atoms with Gasteiger partial charge in [-0.25, -0.2) is 0 Å². The average Bonchev–Trinajstić information content (AvgIpc) is 2.20. The largest absolute Gasteiger partial charge is 0.383 e. The van der Waals surface area contributed by atoms with E-state index in [1.165, 1.54) is 5.56 Å². The Morgan fingerprint density at radius 2 is 2.07 bits per heavy atom. The molecule has 0 aromatic heterocycles. The zero-order valence-electron chi connectivity index (χ0n) is 8.89. The molecule has 0 bridgehead atoms. The number of halogens is 2. The van der Waals surface area contributed by atoms with Crippen LogP contribution in [-0.2, 0) is 11.3 Å². The van der Waals surface area contributed by atoms with Crippen molar-refractivity contribution in [2.45, 2.75) is 19.5 Å². The number of ether oxygens (including phenoxy) is 1. The monoisotopic (exact) mass is 335 g/mol. The topological polar surface area (TPSA) is 21.3 Å². The van der Waals surface area contributed by atoms with Crippen molar-refractivity contribution in [2.24, 2.45) is 0 Å². The van der Waals surface area contributed by atoms with Crippen LogP contribution in [0.2, 0.25) is 0 Å². The third-order valence-corrected chi connectivity index (χ3v) is 3.93. The van der Waals surface area contributed by atoms with Crippen molar-refractivity contribution in [3.05, 3.63) is 32.7 Å². The van der Waals surface area contributed by atoms with Gasteiger partial charge in [0, 0.05) is 28.6 Å². The smallest absolute Gasteiger partial charge is 0.0613 e. The zero-order chi connectivity index (χ0) is 11.3. The number of hydrogen-bond donors (Lipinski definition) is 1. The second kappa shape index (κ2) is 6.63. The normalized spacial score (nSPS) is 12.8. The predicted molar refractivity (Wildman–Crippen MR) is 70.0 cm³/mol. The molecule has 0 aliphatic heterocycles. The van der Waals surface area contributed by atoms with Crippen LogP contribution >= 0.6 is 31.9 Å². The number of benzene rings is 1. The standard InChI is InChI=1S/C11H15Br2NO/c1-8(7-15-2)14-6-9-3-4-10(12)11(13)5-9/h3-5,8,14H,6-7H2,1-2H3/t8-/m0/s1. The highest BCUT2D eigenvalue weighted by molar-refractivity contribution is 9.13. The molecule has 0 unspecified atom stereocenters. The van der Waals surface area contributed by atoms with Gasteiger partial charge < -0.3 is 10.1 Å². The lowest BCUT2D eigenvalue weighted by atomic mass is 10.2. The van der Waals surface area contributed by atoms with Gasteiger partial charge in [-0.3, -0.25) is 0 Å². The lowest BCUT2D eigenvalue weighted by molar-refractivity contribution is 0.171. The summed E-state index contributed by atoms with van der Waals surface area (Å²) in [5, 5.41) is 3.39. The van der Waals surface area contributed by atoms with Crippen LogP contribution in [0.3, 0.4) is 0 Å². The maximum atomic E-state index is 5.06. The lowest BCUT2D eigenvalue weighted by Crippen LogP contribution is -2.29. The molecule has 4 heteroatoms. The molecule has 0 fully saturated rings. The third-order valence-electron chi connectivity index (χ3n) is 2.06. The van der Waals surface area contributed by atoms with Crippen molar-refractivity contribution in [2.75, 3.05) is 13.7 Å². The van der Waals surface area contributed by atoms with Crippen LogP contribution in [0.25, 0.3) is 0 Å². The summed E-state index contributed by atoms with van der Waals surface area (Å²) < 4.78 is 7.22. The first-order valence-corrected chi connectivity index (χ1v) is 6.38. The molecule has 1 rings (SSSR count). The minimum atomic E-state index is 0.373. The third kappa shape index (κ3) is 4.64. The summed E-state index contributed by atoms with van der Waals surface area (Å²) in [5.74, 6) is 0. The summed E-state index contributed by atoms with van der Waals surface area (Å²) in [6.45, 7) is 3.70. The minimum absolute atomic E-state index is 0.373. The molecule has 0 radical (unpaired) electrons. The van der Waals surface area contributed by atoms with Crippen molar-refractivity contribution in [1.29, 1.82) is 0 Å². The first-order valence-electron chi connectivity index (χ1n) is 4.79. The van der Waals surface area contributed by atoms with Crippen LogP contribution in [-0.4, -0.2) is 19.8 Å². The molecule has 0 aliphatic rings. The first-order chi connectivity index (χ1) is 7.13. The summed E-state index contributed by atoms with van der Waals surface area (Å²) in [4.78, 5) is 0. The molecule has 0 saturated heterocycles. The zero-order valence-corrected chi connectivity index (χ0v) is 12.1. The maximum Gasteiger partial charge on any atom is 0.0613 e. The van der Waals surface area contributed by atoms with E-state index in [4.69, 9.17) is 4.74 Å². The maximum absolute atomic E-state index is 5.06. The fraction of sp³-hybridized carbons (Fsp3) is 0.455. The second-order valence-electron chi connectivity index (χ2n) is 3.49. The molecule has 1 aromatic carbocycles. The molecule has 2 nitrogen and oxygen atoms in total. The van der Waals surface area contributed by atoms with Gasteiger partial charge in [-0.1, -0.05) is 6.07 Å². The van der Waals surface area contributed by atoms with Crippen LogP contribution in [0.5, 0.6) is 0 Å². The molecule has 0 aliphatic carbocycles. The SMILES string of the molecule is COC[C@H](C)NCc1ccc(Br)c(Br)c1. The summed E-state index contributed by atoms with van der Waals surface area (Å²) in [5.41, 5.74) is 1.26. The molecule has 0 spiro atoms. The van der Waals surface area contributed by atoms with Crippen LogP contribution in [0.4, 0.5) is 0 Å². The number of hydrogen-bond acceptors (Lipinski definition) is 2. The van der Waals surface area contributed by atoms with Gasteiger partial charge in [-0.2, -0.15) is 0 Å². The van der Waals surface area contributed by atoms with Gasteiger partial charge in [0.05, 0.1) is 6.61 Å². The predicted octanol–water partition coefficient (Wildman–Crippen LogP) is 3.34. The van der Waals surface area contributed by atoms with Crippen LogP contribution < -0.4 is 5.32 Å². The fourth-order valence-corrected chi connectivity index (χ4v) is 1.92. The molecule has 1 N–H and O–H groups in total. The summed E-state index contributed by atoms with van der Waals surface area (Å²) >= 11 is 6.93. The van der Waals surface area contributed by atoms with E-state index in [1.807, 2.05) is 6.07 Å². The van der Waals surface area contributed by atoms with Crippen molar-refractivity contribution in [1.82, 2.24) is 5.32 Å². The Kier molecular flexibility index (Phi) is 5.82. The Morgan fingerprint density at radius 1 is 1.33 bits per heavy atom. The molecule has 1 aromatic rings. The van der Waals surface area contributed by atoms with Gasteiger partial charge in [0.15, 0.2) is 0 Å². The van der Waals surface area contributed by atoms with Crippen molar-refractivity contribution in [3.63, 3.8) is 0 Å². The van der Waals surface area contributed by atoms with E-state index in [0.29, 0.717) is 6.04 Å². The Labute approximate surface area is 108 Å². The van der Waals surface area contributed by atoms with Gasteiger partial charge in [0.25, 0.3) is 0 Å². The van der Waals surface area contributed by atoms with Crippen molar-refractivity contribution in [3.8, 4) is 0 Å². The van der Waals surface area contributed by atoms with E-state index in [9.17, 15) is 0 Å². The summed E-state index contributed by atoms with van der Waals surface area (Å²) in [7, 11) is 1.72. The Morgan fingerprint density at radius 3 is 2.67 bits per heavy atom. The Bertz CT molecular complexity index is 317. The van der Waals surface area contributed by atoms with Gasteiger partial charge >= 0.3 is 0 Å². The molecule has 0 saturated carbocycles. The molecular formula is C11H15Br2NO. The Hall–Kier alpha value is 0.1000. The van der Waals surface area contributed by atoms with E-state index >= 15 is 0 Å². The van der Waals surface area contributed by atoms with Crippen molar-refractivity contribution < 1.29 is 4.74 Å². The summed E-state index contributed by atoms with van der Waals surface area (Å²) in [6.07, 6.45) is 0. The van der Waals surface area contributed by atoms with Crippen LogP contribution in [0, 0.1) is 0 Å². The molecule has 15 heavy (non-hydrogen) atoms. The highest BCUT2D eigenvalue weighted by Gasteiger charge is 2.02. The quantitative estimate of drug-likeness (QED) is 0.890. The van der Waals surface area contributed by atoms with Crippen LogP contribution in [0.15, 0.2) is 27.1 Å². The van der Waals surface area contributed by atoms with E-state index in [1.54, 1.807) is 7.11 Å². The summed E-state index contributed by atoms with van der Waals surface area (Å²) in [6, 6.07) is 6.62. The molecule has 0 amide bonds. The number of nitrogens with one attached hydrogen (secondary N) is 1. The number of rotatable bonds is 5. The fourth-order valence-electron chi connectivity index (χ4n) is 1.25. The highest BCUT2D eigenvalue weighted by Crippen LogP contribution is 2.23. The van der Waals surface area contributed by atoms with Crippen molar-refractivity contribution >= 4 is 31.9 Å². The minimum Gasteiger partial charge on any atom is -0.383 e. The second-order valence-corrected chi connectivity index (χ2v) is 5.19. The van der Waals surface area contributed by atoms with E-state index in [2.05, 4.69) is 56.2 Å². The van der Waals surface area contributed by atoms with E-state index in [-0.39, 0.29) is 0 Å². The van der Waals surface area contributed by atoms with Gasteiger partial charge in [-0.15, -0.1) is 0 Å². The molecule has 0 heterocycles. The van der Waals surface area contributed by atoms with Gasteiger partial charge in [-0.05, 0) is 56.5 Å². The first kappa shape index (κ1) is 13.2. The lowest BCUT2D eigenvalue weighted by Gasteiger charge is -2.12. The molecule has 1 atom stereocenters. The van der Waals surface area contributed by atoms with Gasteiger partial charge in [0.2, 0.25) is 0 Å². The number of methoxy groups -OCH3 is 1. The molecular weight excluding hydrogens is 322 g/mol. The van der Waals surface area contributed by atoms with E-state index in [0.717, 1.165) is 22.1 Å². The highest BCUT2D eigenvalue weighted by atomic mass is 79.9. The molecule has 84 valence electrons. The van der Waals surface area contributed by atoms with E-state index < -0.39 is 0 Å².